The number of hydrogen-bond acceptors (Lipinski definition) is 2. The van der Waals surface area contributed by atoms with E-state index in [2.05, 4.69) is 5.32 Å². The van der Waals surface area contributed by atoms with E-state index in [-0.39, 0.29) is 11.6 Å². The summed E-state index contributed by atoms with van der Waals surface area (Å²) in [5, 5.41) is 3.15. The van der Waals surface area contributed by atoms with Crippen LogP contribution in [0.3, 0.4) is 0 Å². The maximum Gasteiger partial charge on any atom is 0.145 e. The molecule has 0 aromatic heterocycles. The van der Waals surface area contributed by atoms with Crippen molar-refractivity contribution in [1.82, 2.24) is 0 Å². The molecule has 100 valence electrons. The van der Waals surface area contributed by atoms with E-state index in [9.17, 15) is 8.78 Å². The second-order valence-electron chi connectivity index (χ2n) is 4.05. The molecule has 0 heterocycles. The first-order chi connectivity index (χ1) is 9.19. The molecule has 0 atom stereocenters. The lowest BCUT2D eigenvalue weighted by molar-refractivity contribution is 0.340. The van der Waals surface area contributed by atoms with Crippen LogP contribution in [-0.2, 0) is 6.54 Å². The Morgan fingerprint density at radius 3 is 2.37 bits per heavy atom. The fourth-order valence-corrected chi connectivity index (χ4v) is 1.72. The van der Waals surface area contributed by atoms with Crippen molar-refractivity contribution in [3.05, 3.63) is 59.7 Å². The first-order valence-corrected chi connectivity index (χ1v) is 6.09. The Morgan fingerprint density at radius 1 is 1.00 bits per heavy atom. The van der Waals surface area contributed by atoms with E-state index < -0.39 is 0 Å². The number of ether oxygens (including phenoxy) is 1. The van der Waals surface area contributed by atoms with Gasteiger partial charge in [0.25, 0.3) is 0 Å². The molecular weight excluding hydrogens is 248 g/mol. The van der Waals surface area contributed by atoms with E-state index in [1.807, 2.05) is 6.92 Å². The summed E-state index contributed by atoms with van der Waals surface area (Å²) in [7, 11) is 0. The van der Waals surface area contributed by atoms with Crippen molar-refractivity contribution < 1.29 is 13.5 Å². The lowest BCUT2D eigenvalue weighted by Crippen LogP contribution is -2.03. The van der Waals surface area contributed by atoms with Crippen molar-refractivity contribution in [2.45, 2.75) is 13.5 Å². The molecule has 1 N–H and O–H groups in total. The van der Waals surface area contributed by atoms with E-state index in [0.717, 1.165) is 5.56 Å². The standard InChI is InChI=1S/C15H15F2NO/c1-2-19-15-9-13(17)7-8-14(15)18-10-11-3-5-12(16)6-4-11/h3-9,18H,2,10H2,1H3. The van der Waals surface area contributed by atoms with Gasteiger partial charge in [-0.1, -0.05) is 12.1 Å². The number of hydrogen-bond donors (Lipinski definition) is 1. The quantitative estimate of drug-likeness (QED) is 0.881. The normalized spacial score (nSPS) is 10.3. The zero-order valence-electron chi connectivity index (χ0n) is 10.6. The van der Waals surface area contributed by atoms with E-state index in [4.69, 9.17) is 4.74 Å². The molecule has 0 saturated heterocycles. The molecule has 0 bridgehead atoms. The van der Waals surface area contributed by atoms with Crippen LogP contribution in [0.25, 0.3) is 0 Å². The molecule has 2 rings (SSSR count). The molecule has 0 radical (unpaired) electrons. The number of halogens is 2. The van der Waals surface area contributed by atoms with Gasteiger partial charge in [-0.2, -0.15) is 0 Å². The highest BCUT2D eigenvalue weighted by molar-refractivity contribution is 5.56. The highest BCUT2D eigenvalue weighted by atomic mass is 19.1. The van der Waals surface area contributed by atoms with Crippen LogP contribution in [0.2, 0.25) is 0 Å². The fraction of sp³-hybridized carbons (Fsp3) is 0.200. The van der Waals surface area contributed by atoms with Gasteiger partial charge in [-0.25, -0.2) is 8.78 Å². The first-order valence-electron chi connectivity index (χ1n) is 6.09. The topological polar surface area (TPSA) is 21.3 Å². The average Bonchev–Trinajstić information content (AvgIpc) is 2.40. The molecule has 0 amide bonds. The van der Waals surface area contributed by atoms with Crippen LogP contribution in [0, 0.1) is 11.6 Å². The summed E-state index contributed by atoms with van der Waals surface area (Å²) in [5.74, 6) is -0.124. The van der Waals surface area contributed by atoms with Gasteiger partial charge in [0.1, 0.15) is 17.4 Å². The molecule has 0 unspecified atom stereocenters. The van der Waals surface area contributed by atoms with Crippen molar-refractivity contribution in [3.63, 3.8) is 0 Å². The Morgan fingerprint density at radius 2 is 1.68 bits per heavy atom. The van der Waals surface area contributed by atoms with Crippen molar-refractivity contribution >= 4 is 5.69 Å². The molecule has 0 saturated carbocycles. The van der Waals surface area contributed by atoms with Crippen molar-refractivity contribution in [3.8, 4) is 5.75 Å². The largest absolute Gasteiger partial charge is 0.492 e. The summed E-state index contributed by atoms with van der Waals surface area (Å²) in [4.78, 5) is 0. The summed E-state index contributed by atoms with van der Waals surface area (Å²) in [6.07, 6.45) is 0. The fourth-order valence-electron chi connectivity index (χ4n) is 1.72. The number of anilines is 1. The molecule has 19 heavy (non-hydrogen) atoms. The van der Waals surface area contributed by atoms with Gasteiger partial charge >= 0.3 is 0 Å². The third kappa shape index (κ3) is 3.68. The van der Waals surface area contributed by atoms with Crippen LogP contribution in [0.4, 0.5) is 14.5 Å². The molecule has 4 heteroatoms. The predicted molar refractivity (Wildman–Crippen MR) is 71.3 cm³/mol. The van der Waals surface area contributed by atoms with Crippen LogP contribution in [-0.4, -0.2) is 6.61 Å². The van der Waals surface area contributed by atoms with Crippen LogP contribution >= 0.6 is 0 Å². The lowest BCUT2D eigenvalue weighted by atomic mass is 10.2. The first kappa shape index (κ1) is 13.3. The average molecular weight is 263 g/mol. The maximum absolute atomic E-state index is 13.1. The van der Waals surface area contributed by atoms with E-state index >= 15 is 0 Å². The minimum absolute atomic E-state index is 0.263. The Labute approximate surface area is 111 Å². The van der Waals surface area contributed by atoms with Gasteiger partial charge in [-0.3, -0.25) is 0 Å². The monoisotopic (exact) mass is 263 g/mol. The van der Waals surface area contributed by atoms with Gasteiger partial charge in [-0.15, -0.1) is 0 Å². The zero-order chi connectivity index (χ0) is 13.7. The van der Waals surface area contributed by atoms with Gasteiger partial charge in [0, 0.05) is 12.6 Å². The molecule has 0 aliphatic carbocycles. The maximum atomic E-state index is 13.1. The Bertz CT molecular complexity index is 540. The Kier molecular flexibility index (Phi) is 4.34. The summed E-state index contributed by atoms with van der Waals surface area (Å²) in [6.45, 7) is 2.83. The van der Waals surface area contributed by atoms with Gasteiger partial charge in [0.15, 0.2) is 0 Å². The molecule has 2 aromatic rings. The molecule has 0 fully saturated rings. The van der Waals surface area contributed by atoms with Crippen LogP contribution in [0.15, 0.2) is 42.5 Å². The third-order valence-corrected chi connectivity index (χ3v) is 2.64. The second-order valence-corrected chi connectivity index (χ2v) is 4.05. The highest BCUT2D eigenvalue weighted by Gasteiger charge is 2.05. The number of rotatable bonds is 5. The Hall–Kier alpha value is -2.10. The predicted octanol–water partition coefficient (Wildman–Crippen LogP) is 3.98. The molecule has 2 nitrogen and oxygen atoms in total. The van der Waals surface area contributed by atoms with Crippen molar-refractivity contribution in [2.75, 3.05) is 11.9 Å². The second kappa shape index (κ2) is 6.18. The summed E-state index contributed by atoms with van der Waals surface area (Å²) in [6, 6.07) is 10.6. The van der Waals surface area contributed by atoms with Crippen LogP contribution < -0.4 is 10.1 Å². The minimum Gasteiger partial charge on any atom is -0.492 e. The summed E-state index contributed by atoms with van der Waals surface area (Å²) >= 11 is 0. The molecule has 2 aromatic carbocycles. The summed E-state index contributed by atoms with van der Waals surface area (Å²) in [5.41, 5.74) is 1.65. The molecule has 0 aliphatic heterocycles. The highest BCUT2D eigenvalue weighted by Crippen LogP contribution is 2.25. The number of benzene rings is 2. The van der Waals surface area contributed by atoms with Gasteiger partial charge in [0.2, 0.25) is 0 Å². The Balaban J connectivity index is 2.08. The smallest absolute Gasteiger partial charge is 0.145 e. The SMILES string of the molecule is CCOc1cc(F)ccc1NCc1ccc(F)cc1. The van der Waals surface area contributed by atoms with Crippen molar-refractivity contribution in [1.29, 1.82) is 0 Å². The lowest BCUT2D eigenvalue weighted by Gasteiger charge is -2.12. The van der Waals surface area contributed by atoms with Gasteiger partial charge in [-0.05, 0) is 36.8 Å². The molecule has 0 spiro atoms. The van der Waals surface area contributed by atoms with Gasteiger partial charge in [0.05, 0.1) is 12.3 Å². The minimum atomic E-state index is -0.337. The third-order valence-electron chi connectivity index (χ3n) is 2.64. The molecular formula is C15H15F2NO. The van der Waals surface area contributed by atoms with Crippen molar-refractivity contribution in [2.24, 2.45) is 0 Å². The number of nitrogens with one attached hydrogen (secondary N) is 1. The van der Waals surface area contributed by atoms with Gasteiger partial charge < -0.3 is 10.1 Å². The van der Waals surface area contributed by atoms with Crippen LogP contribution in [0.1, 0.15) is 12.5 Å². The van der Waals surface area contributed by atoms with E-state index in [0.29, 0.717) is 24.6 Å². The zero-order valence-corrected chi connectivity index (χ0v) is 10.6. The summed E-state index contributed by atoms with van der Waals surface area (Å²) < 4.78 is 31.3. The van der Waals surface area contributed by atoms with Crippen LogP contribution in [0.5, 0.6) is 5.75 Å². The van der Waals surface area contributed by atoms with E-state index in [1.165, 1.54) is 24.3 Å². The van der Waals surface area contributed by atoms with E-state index in [1.54, 1.807) is 18.2 Å². The molecule has 0 aliphatic rings.